The molecule has 0 spiro atoms. The maximum Gasteiger partial charge on any atom is 0.338 e. The van der Waals surface area contributed by atoms with Gasteiger partial charge in [0.25, 0.3) is 5.91 Å². The summed E-state index contributed by atoms with van der Waals surface area (Å²) < 4.78 is 20.9. The van der Waals surface area contributed by atoms with Gasteiger partial charge in [-0.25, -0.2) is 4.79 Å². The molecule has 6 rings (SSSR count). The number of nitrogens with zero attached hydrogens (tertiary/aromatic N) is 3. The fourth-order valence-corrected chi connectivity index (χ4v) is 6.09. The Kier molecular flexibility index (Phi) is 8.87. The van der Waals surface area contributed by atoms with Gasteiger partial charge < -0.3 is 24.4 Å². The predicted molar refractivity (Wildman–Crippen MR) is 159 cm³/mol. The van der Waals surface area contributed by atoms with E-state index >= 15 is 0 Å². The number of hydrogen-bond acceptors (Lipinski definition) is 10. The topological polar surface area (TPSA) is 137 Å². The van der Waals surface area contributed by atoms with Crippen LogP contribution in [0.4, 0.5) is 0 Å². The highest BCUT2D eigenvalue weighted by atomic mass is 32.1. The predicted octanol–water partition coefficient (Wildman–Crippen LogP) is 4.07. The maximum atomic E-state index is 13.0. The van der Waals surface area contributed by atoms with Crippen LogP contribution in [0, 0.1) is 5.92 Å². The van der Waals surface area contributed by atoms with Crippen molar-refractivity contribution in [2.75, 3.05) is 19.7 Å². The third kappa shape index (κ3) is 7.07. The summed E-state index contributed by atoms with van der Waals surface area (Å²) in [5.74, 6) is -0.637. The van der Waals surface area contributed by atoms with Crippen molar-refractivity contribution in [3.63, 3.8) is 0 Å². The quantitative estimate of drug-likeness (QED) is 0.334. The second-order valence-corrected chi connectivity index (χ2v) is 12.2. The molecule has 11 nitrogen and oxygen atoms in total. The van der Waals surface area contributed by atoms with Crippen molar-refractivity contribution in [1.82, 2.24) is 19.8 Å². The molecular weight excluding hydrogens is 584 g/mol. The van der Waals surface area contributed by atoms with Crippen molar-refractivity contribution in [3.8, 4) is 5.75 Å². The molecule has 2 saturated heterocycles. The normalized spacial score (nSPS) is 21.2. The Bertz CT molecular complexity index is 1490. The highest BCUT2D eigenvalue weighted by molar-refractivity contribution is 7.03. The van der Waals surface area contributed by atoms with Crippen molar-refractivity contribution in [3.05, 3.63) is 76.3 Å². The molecule has 2 aromatic carbocycles. The first kappa shape index (κ1) is 29.7. The Morgan fingerprint density at radius 2 is 1.84 bits per heavy atom. The highest BCUT2D eigenvalue weighted by Gasteiger charge is 2.36. The van der Waals surface area contributed by atoms with Gasteiger partial charge in [-0.05, 0) is 85.4 Å². The Morgan fingerprint density at radius 3 is 2.50 bits per heavy atom. The van der Waals surface area contributed by atoms with E-state index in [1.54, 1.807) is 34.5 Å². The minimum absolute atomic E-state index is 0.0925. The minimum Gasteiger partial charge on any atom is -0.484 e. The molecule has 1 aromatic heterocycles. The van der Waals surface area contributed by atoms with E-state index in [0.29, 0.717) is 36.6 Å². The summed E-state index contributed by atoms with van der Waals surface area (Å²) in [4.78, 5) is 51.6. The third-order valence-corrected chi connectivity index (χ3v) is 8.75. The van der Waals surface area contributed by atoms with Gasteiger partial charge in [0.1, 0.15) is 24.6 Å². The van der Waals surface area contributed by atoms with Crippen LogP contribution in [0.25, 0.3) is 0 Å². The molecule has 3 fully saturated rings. The van der Waals surface area contributed by atoms with Crippen LogP contribution in [0.3, 0.4) is 0 Å². The Balaban J connectivity index is 1.09. The van der Waals surface area contributed by atoms with Crippen LogP contribution in [0.5, 0.6) is 5.75 Å². The number of hydrogen-bond donors (Lipinski definition) is 1. The number of piperidine rings is 1. The lowest BCUT2D eigenvalue weighted by molar-refractivity contribution is -0.139. The number of ether oxygens (including phenoxy) is 3. The van der Waals surface area contributed by atoms with Crippen LogP contribution in [-0.4, -0.2) is 70.1 Å². The average molecular weight is 619 g/mol. The van der Waals surface area contributed by atoms with Gasteiger partial charge in [-0.15, -0.1) is 5.10 Å². The first-order chi connectivity index (χ1) is 21.3. The van der Waals surface area contributed by atoms with Gasteiger partial charge in [-0.2, -0.15) is 0 Å². The second kappa shape index (κ2) is 13.1. The lowest BCUT2D eigenvalue weighted by Crippen LogP contribution is -2.46. The second-order valence-electron chi connectivity index (χ2n) is 11.6. The number of carbonyl (C=O) groups is 4. The molecule has 12 heteroatoms. The molecule has 3 heterocycles. The van der Waals surface area contributed by atoms with Gasteiger partial charge in [-0.1, -0.05) is 28.8 Å². The van der Waals surface area contributed by atoms with Crippen molar-refractivity contribution < 1.29 is 33.4 Å². The maximum absolute atomic E-state index is 13.0. The molecule has 2 aliphatic heterocycles. The van der Waals surface area contributed by atoms with Crippen LogP contribution >= 0.6 is 11.5 Å². The van der Waals surface area contributed by atoms with Crippen LogP contribution in [0.2, 0.25) is 0 Å². The number of carbonyl (C=O) groups excluding carboxylic acids is 4. The van der Waals surface area contributed by atoms with Crippen molar-refractivity contribution in [1.29, 1.82) is 0 Å². The minimum atomic E-state index is -0.511. The first-order valence-electron chi connectivity index (χ1n) is 14.9. The van der Waals surface area contributed by atoms with E-state index in [1.807, 2.05) is 19.1 Å². The third-order valence-electron chi connectivity index (χ3n) is 8.24. The molecule has 0 radical (unpaired) electrons. The average Bonchev–Trinajstić information content (AvgIpc) is 3.55. The summed E-state index contributed by atoms with van der Waals surface area (Å²) >= 11 is 1.11. The fourth-order valence-electron chi connectivity index (χ4n) is 5.65. The summed E-state index contributed by atoms with van der Waals surface area (Å²) in [6, 6.07) is 14.6. The van der Waals surface area contributed by atoms with E-state index < -0.39 is 30.1 Å². The van der Waals surface area contributed by atoms with E-state index in [4.69, 9.17) is 14.2 Å². The largest absolute Gasteiger partial charge is 0.484 e. The fraction of sp³-hybridized carbons (Fsp3) is 0.438. The lowest BCUT2D eigenvalue weighted by atomic mass is 10.00. The molecule has 230 valence electrons. The lowest BCUT2D eigenvalue weighted by Gasteiger charge is -2.33. The number of aromatic nitrogens is 2. The molecule has 1 aliphatic carbocycles. The monoisotopic (exact) mass is 618 g/mol. The number of amides is 2. The molecule has 4 atom stereocenters. The van der Waals surface area contributed by atoms with Crippen molar-refractivity contribution in [2.45, 2.75) is 63.2 Å². The van der Waals surface area contributed by atoms with Crippen molar-refractivity contribution in [2.24, 2.45) is 5.92 Å². The SMILES string of the molecule is C[C@H](NC(=O)c1csnn1)[C@H](Oc1ccc(C(=O)O[C@H]2CCCN(C(=O)[C@H]3COC(=O)C3)C2)cc1)c1ccc(C2CC2)cc1. The number of benzene rings is 2. The summed E-state index contributed by atoms with van der Waals surface area (Å²) in [5, 5.41) is 8.42. The number of rotatable bonds is 10. The van der Waals surface area contributed by atoms with E-state index in [2.05, 4.69) is 27.0 Å². The highest BCUT2D eigenvalue weighted by Crippen LogP contribution is 2.40. The molecule has 1 N–H and O–H groups in total. The van der Waals surface area contributed by atoms with Crippen LogP contribution < -0.4 is 10.1 Å². The zero-order valence-electron chi connectivity index (χ0n) is 24.3. The van der Waals surface area contributed by atoms with Gasteiger partial charge in [0.15, 0.2) is 5.69 Å². The summed E-state index contributed by atoms with van der Waals surface area (Å²) in [7, 11) is 0. The Hall–Kier alpha value is -4.32. The molecule has 1 saturated carbocycles. The van der Waals surface area contributed by atoms with Gasteiger partial charge in [0.2, 0.25) is 5.91 Å². The molecule has 3 aliphatic rings. The number of esters is 2. The molecule has 0 unspecified atom stereocenters. The zero-order chi connectivity index (χ0) is 30.6. The number of nitrogens with one attached hydrogen (secondary N) is 1. The summed E-state index contributed by atoms with van der Waals surface area (Å²) in [6.45, 7) is 2.83. The van der Waals surface area contributed by atoms with Crippen molar-refractivity contribution >= 4 is 35.3 Å². The van der Waals surface area contributed by atoms with Gasteiger partial charge in [-0.3, -0.25) is 14.4 Å². The van der Waals surface area contributed by atoms with E-state index in [0.717, 1.165) is 17.1 Å². The number of cyclic esters (lactones) is 1. The van der Waals surface area contributed by atoms with E-state index in [9.17, 15) is 19.2 Å². The molecule has 44 heavy (non-hydrogen) atoms. The van der Waals surface area contributed by atoms with Crippen LogP contribution in [0.1, 0.15) is 83.0 Å². The summed E-state index contributed by atoms with van der Waals surface area (Å²) in [5.41, 5.74) is 2.82. The van der Waals surface area contributed by atoms with Gasteiger partial charge in [0.05, 0.1) is 30.5 Å². The smallest absolute Gasteiger partial charge is 0.338 e. The van der Waals surface area contributed by atoms with Gasteiger partial charge in [0, 0.05) is 11.9 Å². The first-order valence-corrected chi connectivity index (χ1v) is 15.8. The van der Waals surface area contributed by atoms with Gasteiger partial charge >= 0.3 is 11.9 Å². The zero-order valence-corrected chi connectivity index (χ0v) is 25.2. The standard InChI is InChI=1S/C32H34N4O7S/c1-19(33-30(38)27-18-44-35-34-27)29(22-8-6-21(7-9-22)20-4-5-20)42-25-12-10-23(11-13-25)32(40)43-26-3-2-14-36(16-26)31(39)24-15-28(37)41-17-24/h6-13,18-20,24,26,29H,2-5,14-17H2,1H3,(H,33,38)/t19-,24+,26-,29-/m0/s1. The number of likely N-dealkylation sites (tertiary alicyclic amines) is 1. The molecule has 2 amide bonds. The summed E-state index contributed by atoms with van der Waals surface area (Å²) in [6.07, 6.45) is 2.91. The Morgan fingerprint density at radius 1 is 1.07 bits per heavy atom. The van der Waals surface area contributed by atoms with Crippen LogP contribution in [-0.2, 0) is 19.1 Å². The van der Waals surface area contributed by atoms with E-state index in [1.165, 1.54) is 18.4 Å². The molecular formula is C32H34N4O7S. The molecule has 3 aromatic rings. The Labute approximate surface area is 259 Å². The van der Waals surface area contributed by atoms with E-state index in [-0.39, 0.29) is 43.1 Å². The molecule has 0 bridgehead atoms. The van der Waals surface area contributed by atoms with Crippen LogP contribution in [0.15, 0.2) is 53.9 Å².